The number of nitrogens with zero attached hydrogens (tertiary/aromatic N) is 2. The molecule has 0 saturated heterocycles. The van der Waals surface area contributed by atoms with Crippen LogP contribution < -0.4 is 20.1 Å². The van der Waals surface area contributed by atoms with E-state index in [1.54, 1.807) is 12.1 Å². The Morgan fingerprint density at radius 1 is 1.07 bits per heavy atom. The molecule has 0 bridgehead atoms. The molecule has 9 heteroatoms. The van der Waals surface area contributed by atoms with Crippen LogP contribution in [0.3, 0.4) is 0 Å². The summed E-state index contributed by atoms with van der Waals surface area (Å²) >= 11 is 0. The molecule has 2 aromatic heterocycles. The van der Waals surface area contributed by atoms with E-state index in [2.05, 4.69) is 20.6 Å². The highest BCUT2D eigenvalue weighted by Crippen LogP contribution is 2.36. The lowest BCUT2D eigenvalue weighted by Crippen LogP contribution is -2.24. The van der Waals surface area contributed by atoms with E-state index in [9.17, 15) is 13.6 Å². The van der Waals surface area contributed by atoms with Crippen molar-refractivity contribution in [2.24, 2.45) is 0 Å². The molecule has 2 heterocycles. The van der Waals surface area contributed by atoms with Crippen LogP contribution in [0, 0.1) is 11.6 Å². The van der Waals surface area contributed by atoms with Gasteiger partial charge < -0.3 is 14.8 Å². The average Bonchev–Trinajstić information content (AvgIpc) is 2.71. The van der Waals surface area contributed by atoms with Crippen molar-refractivity contribution in [3.8, 4) is 28.5 Å². The van der Waals surface area contributed by atoms with Crippen molar-refractivity contribution in [3.63, 3.8) is 0 Å². The first kappa shape index (κ1) is 19.0. The second-order valence-electron chi connectivity index (χ2n) is 5.51. The van der Waals surface area contributed by atoms with Crippen LogP contribution >= 0.6 is 0 Å². The monoisotopic (exact) mass is 386 g/mol. The molecule has 0 aliphatic carbocycles. The Labute approximate surface area is 159 Å². The maximum Gasteiger partial charge on any atom is 0.320 e. The Bertz CT molecular complexity index is 977. The molecule has 0 atom stereocenters. The highest BCUT2D eigenvalue weighted by molar-refractivity contribution is 5.88. The number of para-hydroxylation sites is 1. The Balaban J connectivity index is 2.06. The van der Waals surface area contributed by atoms with E-state index in [0.717, 1.165) is 12.1 Å². The number of halogens is 2. The summed E-state index contributed by atoms with van der Waals surface area (Å²) in [6.45, 7) is 0. The van der Waals surface area contributed by atoms with E-state index in [1.165, 1.54) is 38.7 Å². The Morgan fingerprint density at radius 2 is 1.82 bits per heavy atom. The predicted molar refractivity (Wildman–Crippen MR) is 98.5 cm³/mol. The van der Waals surface area contributed by atoms with Gasteiger partial charge in [0.15, 0.2) is 17.4 Å². The lowest BCUT2D eigenvalue weighted by atomic mass is 10.1. The summed E-state index contributed by atoms with van der Waals surface area (Å²) in [5, 5.41) is 4.86. The SMILES string of the molecule is CNC(=O)Nc1cc(Oc2c(F)cccc2F)c(-c2ccc(OC)nc2)cn1. The third kappa shape index (κ3) is 4.14. The second-order valence-corrected chi connectivity index (χ2v) is 5.51. The van der Waals surface area contributed by atoms with Gasteiger partial charge in [-0.15, -0.1) is 0 Å². The van der Waals surface area contributed by atoms with Gasteiger partial charge in [-0.3, -0.25) is 5.32 Å². The molecule has 0 aliphatic rings. The first-order valence-corrected chi connectivity index (χ1v) is 8.13. The van der Waals surface area contributed by atoms with Crippen LogP contribution in [0.15, 0.2) is 48.8 Å². The molecular formula is C19H16F2N4O3. The molecule has 3 rings (SSSR count). The molecule has 2 amide bonds. The first-order valence-electron chi connectivity index (χ1n) is 8.13. The number of carbonyl (C=O) groups is 1. The summed E-state index contributed by atoms with van der Waals surface area (Å²) in [4.78, 5) is 19.8. The molecule has 1 aromatic carbocycles. The zero-order valence-electron chi connectivity index (χ0n) is 15.0. The molecular weight excluding hydrogens is 370 g/mol. The standard InChI is InChI=1S/C19H16F2N4O3/c1-22-19(26)25-16-8-15(28-18-13(20)4-3-5-14(18)21)12(10-23-16)11-6-7-17(27-2)24-9-11/h3-10H,1-2H3,(H2,22,23,25,26). The van der Waals surface area contributed by atoms with Crippen molar-refractivity contribution < 1.29 is 23.0 Å². The van der Waals surface area contributed by atoms with Crippen LogP contribution in [-0.4, -0.2) is 30.2 Å². The molecule has 28 heavy (non-hydrogen) atoms. The van der Waals surface area contributed by atoms with Gasteiger partial charge in [-0.25, -0.2) is 23.5 Å². The number of urea groups is 1. The molecule has 2 N–H and O–H groups in total. The minimum atomic E-state index is -0.864. The maximum absolute atomic E-state index is 14.0. The summed E-state index contributed by atoms with van der Waals surface area (Å²) in [7, 11) is 2.93. The summed E-state index contributed by atoms with van der Waals surface area (Å²) in [6.07, 6.45) is 2.91. The van der Waals surface area contributed by atoms with Crippen LogP contribution in [0.1, 0.15) is 0 Å². The zero-order valence-corrected chi connectivity index (χ0v) is 15.0. The van der Waals surface area contributed by atoms with Crippen LogP contribution in [0.4, 0.5) is 19.4 Å². The highest BCUT2D eigenvalue weighted by atomic mass is 19.1. The van der Waals surface area contributed by atoms with Crippen molar-refractivity contribution in [2.45, 2.75) is 0 Å². The molecule has 3 aromatic rings. The quantitative estimate of drug-likeness (QED) is 0.693. The molecule has 0 spiro atoms. The average molecular weight is 386 g/mol. The number of benzene rings is 1. The van der Waals surface area contributed by atoms with Gasteiger partial charge in [-0.1, -0.05) is 6.07 Å². The number of amides is 2. The molecule has 144 valence electrons. The smallest absolute Gasteiger partial charge is 0.320 e. The van der Waals surface area contributed by atoms with E-state index in [-0.39, 0.29) is 11.6 Å². The maximum atomic E-state index is 14.0. The van der Waals surface area contributed by atoms with Gasteiger partial charge in [-0.05, 0) is 18.2 Å². The van der Waals surface area contributed by atoms with E-state index in [0.29, 0.717) is 17.0 Å². The molecule has 0 fully saturated rings. The molecule has 0 aliphatic heterocycles. The van der Waals surface area contributed by atoms with Crippen LogP contribution in [0.5, 0.6) is 17.4 Å². The fraction of sp³-hybridized carbons (Fsp3) is 0.105. The van der Waals surface area contributed by atoms with Gasteiger partial charge in [0.2, 0.25) is 5.88 Å². The number of hydrogen-bond donors (Lipinski definition) is 2. The fourth-order valence-electron chi connectivity index (χ4n) is 2.34. The molecule has 7 nitrogen and oxygen atoms in total. The van der Waals surface area contributed by atoms with Gasteiger partial charge in [0.25, 0.3) is 0 Å². The van der Waals surface area contributed by atoms with Gasteiger partial charge in [0, 0.05) is 42.7 Å². The number of nitrogens with one attached hydrogen (secondary N) is 2. The Kier molecular flexibility index (Phi) is 5.64. The topological polar surface area (TPSA) is 85.4 Å². The Hall–Kier alpha value is -3.75. The van der Waals surface area contributed by atoms with Gasteiger partial charge in [0.1, 0.15) is 11.6 Å². The van der Waals surface area contributed by atoms with Gasteiger partial charge >= 0.3 is 6.03 Å². The number of pyridine rings is 2. The minimum Gasteiger partial charge on any atom is -0.481 e. The van der Waals surface area contributed by atoms with Crippen molar-refractivity contribution in [3.05, 3.63) is 60.4 Å². The lowest BCUT2D eigenvalue weighted by Gasteiger charge is -2.14. The van der Waals surface area contributed by atoms with Crippen molar-refractivity contribution in [1.29, 1.82) is 0 Å². The van der Waals surface area contributed by atoms with Crippen molar-refractivity contribution >= 4 is 11.8 Å². The third-order valence-corrected chi connectivity index (χ3v) is 3.72. The van der Waals surface area contributed by atoms with Crippen molar-refractivity contribution in [1.82, 2.24) is 15.3 Å². The summed E-state index contributed by atoms with van der Waals surface area (Å²) in [5.41, 5.74) is 0.992. The predicted octanol–water partition coefficient (Wildman–Crippen LogP) is 3.97. The summed E-state index contributed by atoms with van der Waals surface area (Å²) in [6, 6.07) is 7.57. The largest absolute Gasteiger partial charge is 0.481 e. The Morgan fingerprint density at radius 3 is 2.43 bits per heavy atom. The van der Waals surface area contributed by atoms with Crippen LogP contribution in [0.2, 0.25) is 0 Å². The summed E-state index contributed by atoms with van der Waals surface area (Å²) < 4.78 is 38.6. The van der Waals surface area contributed by atoms with Gasteiger partial charge in [0.05, 0.1) is 7.11 Å². The number of aromatic nitrogens is 2. The molecule has 0 radical (unpaired) electrons. The molecule has 0 unspecified atom stereocenters. The number of methoxy groups -OCH3 is 1. The number of anilines is 1. The van der Waals surface area contributed by atoms with Crippen LogP contribution in [-0.2, 0) is 0 Å². The van der Waals surface area contributed by atoms with E-state index in [4.69, 9.17) is 9.47 Å². The zero-order chi connectivity index (χ0) is 20.1. The lowest BCUT2D eigenvalue weighted by molar-refractivity contribution is 0.254. The number of ether oxygens (including phenoxy) is 2. The minimum absolute atomic E-state index is 0.0809. The second kappa shape index (κ2) is 8.30. The highest BCUT2D eigenvalue weighted by Gasteiger charge is 2.16. The van der Waals surface area contributed by atoms with E-state index in [1.807, 2.05) is 0 Å². The van der Waals surface area contributed by atoms with E-state index < -0.39 is 23.4 Å². The first-order chi connectivity index (χ1) is 13.5. The number of rotatable bonds is 5. The number of carbonyl (C=O) groups excluding carboxylic acids is 1. The normalized spacial score (nSPS) is 10.3. The third-order valence-electron chi connectivity index (χ3n) is 3.72. The fourth-order valence-corrected chi connectivity index (χ4v) is 2.34. The van der Waals surface area contributed by atoms with Gasteiger partial charge in [-0.2, -0.15) is 0 Å². The van der Waals surface area contributed by atoms with E-state index >= 15 is 0 Å². The van der Waals surface area contributed by atoms with Crippen molar-refractivity contribution in [2.75, 3.05) is 19.5 Å². The molecule has 0 saturated carbocycles. The summed E-state index contributed by atoms with van der Waals surface area (Å²) in [5.74, 6) is -1.68. The number of hydrogen-bond acceptors (Lipinski definition) is 5. The van der Waals surface area contributed by atoms with Crippen LogP contribution in [0.25, 0.3) is 11.1 Å².